The minimum Gasteiger partial charge on any atom is -0.333 e. The van der Waals surface area contributed by atoms with E-state index in [2.05, 4.69) is 9.88 Å². The van der Waals surface area contributed by atoms with Gasteiger partial charge in [-0.2, -0.15) is 26.3 Å². The van der Waals surface area contributed by atoms with Gasteiger partial charge in [0.05, 0.1) is 11.1 Å². The Labute approximate surface area is 253 Å². The Bertz CT molecular complexity index is 1300. The van der Waals surface area contributed by atoms with Gasteiger partial charge < -0.3 is 4.90 Å². The molecular weight excluding hydrogens is 603 g/mol. The van der Waals surface area contributed by atoms with Crippen molar-refractivity contribution in [3.63, 3.8) is 0 Å². The van der Waals surface area contributed by atoms with E-state index in [1.807, 2.05) is 50.2 Å². The molecule has 0 bridgehead atoms. The van der Waals surface area contributed by atoms with Crippen molar-refractivity contribution in [2.45, 2.75) is 51.5 Å². The van der Waals surface area contributed by atoms with Crippen LogP contribution in [0.3, 0.4) is 0 Å². The van der Waals surface area contributed by atoms with Crippen molar-refractivity contribution >= 4 is 30.7 Å². The van der Waals surface area contributed by atoms with Crippen LogP contribution in [0.2, 0.25) is 0 Å². The Kier molecular flexibility index (Phi) is 12.3. The maximum absolute atomic E-state index is 13.5. The summed E-state index contributed by atoms with van der Waals surface area (Å²) in [4.78, 5) is 21.5. The molecule has 0 spiro atoms. The molecule has 2 heterocycles. The highest BCUT2D eigenvalue weighted by Crippen LogP contribution is 2.37. The molecule has 4 rings (SSSR count). The van der Waals surface area contributed by atoms with Crippen molar-refractivity contribution in [3.05, 3.63) is 99.9 Å². The number of halogens is 8. The molecule has 1 amide bonds. The monoisotopic (exact) mass is 635 g/mol. The molecule has 0 N–H and O–H groups in total. The Balaban J connectivity index is 0.00000308. The highest BCUT2D eigenvalue weighted by Gasteiger charge is 2.39. The summed E-state index contributed by atoms with van der Waals surface area (Å²) in [5.41, 5.74) is 0.463. The lowest BCUT2D eigenvalue weighted by Gasteiger charge is -2.42. The number of carbonyl (C=O) groups excluding carboxylic acids is 1. The lowest BCUT2D eigenvalue weighted by Crippen LogP contribution is -2.56. The summed E-state index contributed by atoms with van der Waals surface area (Å²) in [5.74, 6) is -0.835. The summed E-state index contributed by atoms with van der Waals surface area (Å²) in [6, 6.07) is 12.3. The highest BCUT2D eigenvalue weighted by molar-refractivity contribution is 5.95. The molecule has 0 radical (unpaired) electrons. The Morgan fingerprint density at radius 1 is 0.881 bits per heavy atom. The van der Waals surface area contributed by atoms with Crippen LogP contribution >= 0.6 is 24.8 Å². The highest BCUT2D eigenvalue weighted by atomic mass is 35.5. The van der Waals surface area contributed by atoms with E-state index >= 15 is 0 Å². The quantitative estimate of drug-likeness (QED) is 0.251. The number of alkyl halides is 6. The number of carbonyl (C=O) groups is 1. The van der Waals surface area contributed by atoms with Crippen molar-refractivity contribution in [3.8, 4) is 0 Å². The SMILES string of the molecule is Cc1ccc(C[C@@H]2CN(CCCc3ccccn3)CCN2C(=O)c2cc(C(F)(F)F)cc(C(F)(F)F)c2)cc1C.Cl.Cl. The zero-order valence-corrected chi connectivity index (χ0v) is 24.8. The van der Waals surface area contributed by atoms with Gasteiger partial charge in [-0.25, -0.2) is 0 Å². The zero-order chi connectivity index (χ0) is 29.1. The topological polar surface area (TPSA) is 36.4 Å². The van der Waals surface area contributed by atoms with Crippen LogP contribution in [0.25, 0.3) is 0 Å². The van der Waals surface area contributed by atoms with E-state index in [1.54, 1.807) is 6.20 Å². The molecule has 1 aromatic heterocycles. The molecule has 1 aliphatic heterocycles. The van der Waals surface area contributed by atoms with Gasteiger partial charge in [0.1, 0.15) is 0 Å². The van der Waals surface area contributed by atoms with Crippen LogP contribution in [0.4, 0.5) is 26.3 Å². The third kappa shape index (κ3) is 9.09. The fourth-order valence-corrected chi connectivity index (χ4v) is 5.04. The molecule has 0 aliphatic carbocycles. The van der Waals surface area contributed by atoms with E-state index in [4.69, 9.17) is 0 Å². The van der Waals surface area contributed by atoms with E-state index < -0.39 is 41.0 Å². The summed E-state index contributed by atoms with van der Waals surface area (Å²) < 4.78 is 80.8. The minimum atomic E-state index is -5.03. The number of aryl methyl sites for hydroxylation is 3. The van der Waals surface area contributed by atoms with Crippen molar-refractivity contribution in [1.29, 1.82) is 0 Å². The second-order valence-corrected chi connectivity index (χ2v) is 10.3. The van der Waals surface area contributed by atoms with Gasteiger partial charge in [-0.15, -0.1) is 24.8 Å². The van der Waals surface area contributed by atoms with Gasteiger partial charge >= 0.3 is 12.4 Å². The Hall–Kier alpha value is -2.82. The standard InChI is InChI=1S/C30H31F6N3O.2ClH/c1-20-8-9-22(14-21(20)2)15-27-19-38(11-5-7-26-6-3-4-10-37-26)12-13-39(27)28(40)23-16-24(29(31,32)33)18-25(17-23)30(34,35)36;;/h3-4,6,8-10,14,16-18,27H,5,7,11-13,15,19H2,1-2H3;2*1H/t27-;;/m1../s1. The third-order valence-corrected chi connectivity index (χ3v) is 7.34. The van der Waals surface area contributed by atoms with Gasteiger partial charge in [0, 0.05) is 43.1 Å². The number of piperazine rings is 1. The molecule has 12 heteroatoms. The second-order valence-electron chi connectivity index (χ2n) is 10.3. The minimum absolute atomic E-state index is 0. The normalized spacial score (nSPS) is 16.0. The van der Waals surface area contributed by atoms with E-state index in [-0.39, 0.29) is 37.4 Å². The van der Waals surface area contributed by atoms with Crippen LogP contribution < -0.4 is 0 Å². The van der Waals surface area contributed by atoms with Crippen LogP contribution in [0, 0.1) is 13.8 Å². The average Bonchev–Trinajstić information content (AvgIpc) is 2.90. The van der Waals surface area contributed by atoms with Crippen molar-refractivity contribution in [2.75, 3.05) is 26.2 Å². The summed E-state index contributed by atoms with van der Waals surface area (Å²) >= 11 is 0. The van der Waals surface area contributed by atoms with Gasteiger partial charge in [-0.1, -0.05) is 24.3 Å². The Morgan fingerprint density at radius 2 is 1.55 bits per heavy atom. The molecule has 2 aromatic carbocycles. The first-order valence-corrected chi connectivity index (χ1v) is 13.1. The van der Waals surface area contributed by atoms with Gasteiger partial charge in [-0.3, -0.25) is 14.7 Å². The van der Waals surface area contributed by atoms with Gasteiger partial charge in [0.15, 0.2) is 0 Å². The van der Waals surface area contributed by atoms with E-state index in [0.29, 0.717) is 31.6 Å². The van der Waals surface area contributed by atoms with Crippen LogP contribution in [0.1, 0.15) is 50.3 Å². The number of nitrogens with zero attached hydrogens (tertiary/aromatic N) is 3. The maximum atomic E-state index is 13.5. The first-order chi connectivity index (χ1) is 18.8. The fourth-order valence-electron chi connectivity index (χ4n) is 5.04. The lowest BCUT2D eigenvalue weighted by atomic mass is 9.97. The number of amides is 1. The fraction of sp³-hybridized carbons (Fsp3) is 0.400. The number of benzene rings is 2. The van der Waals surface area contributed by atoms with Crippen molar-refractivity contribution < 1.29 is 31.1 Å². The molecule has 1 aliphatic rings. The van der Waals surface area contributed by atoms with Crippen LogP contribution in [0.5, 0.6) is 0 Å². The second kappa shape index (κ2) is 14.6. The summed E-state index contributed by atoms with van der Waals surface area (Å²) in [7, 11) is 0. The molecule has 4 nitrogen and oxygen atoms in total. The predicted octanol–water partition coefficient (Wildman–Crippen LogP) is 7.58. The van der Waals surface area contributed by atoms with E-state index in [9.17, 15) is 31.1 Å². The van der Waals surface area contributed by atoms with Gasteiger partial charge in [-0.05, 0) is 86.7 Å². The largest absolute Gasteiger partial charge is 0.416 e. The van der Waals surface area contributed by atoms with Crippen molar-refractivity contribution in [2.24, 2.45) is 0 Å². The van der Waals surface area contributed by atoms with Gasteiger partial charge in [0.25, 0.3) is 5.91 Å². The molecule has 0 unspecified atom stereocenters. The van der Waals surface area contributed by atoms with E-state index in [1.165, 1.54) is 4.90 Å². The van der Waals surface area contributed by atoms with Crippen LogP contribution in [0.15, 0.2) is 60.8 Å². The summed E-state index contributed by atoms with van der Waals surface area (Å²) in [6.07, 6.45) is -6.30. The Morgan fingerprint density at radius 3 is 2.12 bits per heavy atom. The van der Waals surface area contributed by atoms with Gasteiger partial charge in [0.2, 0.25) is 0 Å². The number of rotatable bonds is 7. The number of pyridine rings is 1. The summed E-state index contributed by atoms with van der Waals surface area (Å²) in [6.45, 7) is 5.77. The first kappa shape index (κ1) is 35.4. The molecule has 1 atom stereocenters. The molecule has 42 heavy (non-hydrogen) atoms. The van der Waals surface area contributed by atoms with Crippen LogP contribution in [-0.2, 0) is 25.2 Å². The summed E-state index contributed by atoms with van der Waals surface area (Å²) in [5, 5.41) is 0. The molecule has 1 fully saturated rings. The first-order valence-electron chi connectivity index (χ1n) is 13.1. The molecular formula is C30H33Cl2F6N3O. The average molecular weight is 637 g/mol. The molecule has 3 aromatic rings. The lowest BCUT2D eigenvalue weighted by molar-refractivity contribution is -0.143. The van der Waals surface area contributed by atoms with Crippen molar-refractivity contribution in [1.82, 2.24) is 14.8 Å². The number of hydrogen-bond donors (Lipinski definition) is 0. The maximum Gasteiger partial charge on any atom is 0.416 e. The molecule has 1 saturated heterocycles. The predicted molar refractivity (Wildman–Crippen MR) is 154 cm³/mol. The number of hydrogen-bond acceptors (Lipinski definition) is 3. The zero-order valence-electron chi connectivity index (χ0n) is 23.1. The molecule has 230 valence electrons. The van der Waals surface area contributed by atoms with Crippen LogP contribution in [-0.4, -0.2) is 52.9 Å². The smallest absolute Gasteiger partial charge is 0.333 e. The molecule has 0 saturated carbocycles. The van der Waals surface area contributed by atoms with E-state index in [0.717, 1.165) is 41.8 Å². The third-order valence-electron chi connectivity index (χ3n) is 7.34. The number of aromatic nitrogens is 1.